The van der Waals surface area contributed by atoms with E-state index in [2.05, 4.69) is 23.1 Å². The molecule has 1 unspecified atom stereocenters. The molecule has 1 saturated heterocycles. The zero-order valence-electron chi connectivity index (χ0n) is 15.2. The lowest BCUT2D eigenvalue weighted by atomic mass is 10.0. The Balaban J connectivity index is 1.93. The van der Waals surface area contributed by atoms with Crippen molar-refractivity contribution in [2.75, 3.05) is 6.54 Å². The van der Waals surface area contributed by atoms with E-state index in [9.17, 15) is 4.79 Å². The summed E-state index contributed by atoms with van der Waals surface area (Å²) in [5, 5.41) is 4.66. The highest BCUT2D eigenvalue weighted by atomic mass is 16.6. The van der Waals surface area contributed by atoms with Crippen LogP contribution in [0.15, 0.2) is 12.1 Å². The van der Waals surface area contributed by atoms with Crippen LogP contribution in [0.4, 0.5) is 4.79 Å². The summed E-state index contributed by atoms with van der Waals surface area (Å²) < 4.78 is 7.42. The maximum Gasteiger partial charge on any atom is 0.410 e. The van der Waals surface area contributed by atoms with Gasteiger partial charge in [0.1, 0.15) is 5.60 Å². The second-order valence-corrected chi connectivity index (χ2v) is 7.60. The number of piperidine rings is 1. The van der Waals surface area contributed by atoms with Gasteiger partial charge in [-0.1, -0.05) is 0 Å². The van der Waals surface area contributed by atoms with Gasteiger partial charge in [0.15, 0.2) is 11.5 Å². The Hall–Kier alpha value is -2.11. The van der Waals surface area contributed by atoms with E-state index in [1.165, 1.54) is 0 Å². The molecule has 2 aromatic rings. The van der Waals surface area contributed by atoms with Crippen LogP contribution in [0.2, 0.25) is 0 Å². The predicted molar refractivity (Wildman–Crippen MR) is 92.0 cm³/mol. The third-order valence-corrected chi connectivity index (χ3v) is 4.20. The molecule has 3 heterocycles. The smallest absolute Gasteiger partial charge is 0.410 e. The molecule has 130 valence electrons. The number of rotatable bonds is 1. The van der Waals surface area contributed by atoms with Crippen LogP contribution >= 0.6 is 0 Å². The molecule has 6 heteroatoms. The Labute approximate surface area is 142 Å². The van der Waals surface area contributed by atoms with Crippen LogP contribution in [0.25, 0.3) is 5.65 Å². The van der Waals surface area contributed by atoms with Crippen LogP contribution in [0.1, 0.15) is 63.2 Å². The first kappa shape index (κ1) is 16.7. The zero-order chi connectivity index (χ0) is 17.5. The van der Waals surface area contributed by atoms with Crippen molar-refractivity contribution >= 4 is 11.7 Å². The number of hydrogen-bond acceptors (Lipinski definition) is 4. The molecule has 0 radical (unpaired) electrons. The summed E-state index contributed by atoms with van der Waals surface area (Å²) >= 11 is 0. The molecule has 0 saturated carbocycles. The van der Waals surface area contributed by atoms with Crippen molar-refractivity contribution in [2.24, 2.45) is 0 Å². The summed E-state index contributed by atoms with van der Waals surface area (Å²) in [6.07, 6.45) is 2.64. The Morgan fingerprint density at radius 1 is 1.25 bits per heavy atom. The molecule has 0 aromatic carbocycles. The second kappa shape index (κ2) is 6.07. The standard InChI is InChI=1S/C18H26N4O2/c1-12-10-13(2)22-15(11-12)19-16(20-22)14-8-6-7-9-21(14)17(23)24-18(3,4)5/h10-11,14H,6-9H2,1-5H3. The van der Waals surface area contributed by atoms with Gasteiger partial charge in [-0.15, -0.1) is 5.10 Å². The Morgan fingerprint density at radius 2 is 2.00 bits per heavy atom. The number of aromatic nitrogens is 3. The normalized spacial score (nSPS) is 18.9. The largest absolute Gasteiger partial charge is 0.444 e. The lowest BCUT2D eigenvalue weighted by Crippen LogP contribution is -2.42. The molecule has 1 fully saturated rings. The van der Waals surface area contributed by atoms with E-state index in [0.29, 0.717) is 12.4 Å². The second-order valence-electron chi connectivity index (χ2n) is 7.60. The van der Waals surface area contributed by atoms with Crippen LogP contribution in [-0.2, 0) is 4.74 Å². The van der Waals surface area contributed by atoms with E-state index in [-0.39, 0.29) is 12.1 Å². The number of carbonyl (C=O) groups excluding carboxylic acids is 1. The van der Waals surface area contributed by atoms with Gasteiger partial charge in [0.2, 0.25) is 0 Å². The summed E-state index contributed by atoms with van der Waals surface area (Å²) in [4.78, 5) is 19.0. The molecule has 0 spiro atoms. The van der Waals surface area contributed by atoms with Gasteiger partial charge in [0.25, 0.3) is 0 Å². The van der Waals surface area contributed by atoms with Gasteiger partial charge in [0.05, 0.1) is 6.04 Å². The molecule has 6 nitrogen and oxygen atoms in total. The van der Waals surface area contributed by atoms with Crippen LogP contribution < -0.4 is 0 Å². The fraction of sp³-hybridized carbons (Fsp3) is 0.611. The third kappa shape index (κ3) is 3.37. The molecule has 3 rings (SSSR count). The summed E-state index contributed by atoms with van der Waals surface area (Å²) in [7, 11) is 0. The van der Waals surface area contributed by atoms with Crippen LogP contribution in [-0.4, -0.2) is 37.7 Å². The van der Waals surface area contributed by atoms with E-state index in [1.807, 2.05) is 38.3 Å². The van der Waals surface area contributed by atoms with Crippen molar-refractivity contribution < 1.29 is 9.53 Å². The topological polar surface area (TPSA) is 59.7 Å². The minimum Gasteiger partial charge on any atom is -0.444 e. The van der Waals surface area contributed by atoms with Gasteiger partial charge >= 0.3 is 6.09 Å². The van der Waals surface area contributed by atoms with Crippen molar-refractivity contribution in [3.8, 4) is 0 Å². The molecular formula is C18H26N4O2. The molecule has 1 atom stereocenters. The summed E-state index contributed by atoms with van der Waals surface area (Å²) in [6.45, 7) is 10.4. The monoisotopic (exact) mass is 330 g/mol. The molecule has 2 aromatic heterocycles. The molecular weight excluding hydrogens is 304 g/mol. The van der Waals surface area contributed by atoms with Gasteiger partial charge in [0, 0.05) is 12.2 Å². The van der Waals surface area contributed by atoms with E-state index in [0.717, 1.165) is 36.2 Å². The first-order chi connectivity index (χ1) is 11.2. The number of amides is 1. The molecule has 1 aliphatic rings. The predicted octanol–water partition coefficient (Wildman–Crippen LogP) is 3.81. The first-order valence-corrected chi connectivity index (χ1v) is 8.58. The maximum atomic E-state index is 12.6. The number of nitrogens with zero attached hydrogens (tertiary/aromatic N) is 4. The zero-order valence-corrected chi connectivity index (χ0v) is 15.2. The number of likely N-dealkylation sites (tertiary alicyclic amines) is 1. The summed E-state index contributed by atoms with van der Waals surface area (Å²) in [6, 6.07) is 3.98. The minimum atomic E-state index is -0.501. The quantitative estimate of drug-likeness (QED) is 0.798. The van der Waals surface area contributed by atoms with Crippen molar-refractivity contribution in [1.29, 1.82) is 0 Å². The molecule has 0 N–H and O–H groups in total. The molecule has 24 heavy (non-hydrogen) atoms. The highest BCUT2D eigenvalue weighted by Gasteiger charge is 2.33. The number of pyridine rings is 1. The lowest BCUT2D eigenvalue weighted by Gasteiger charge is -2.35. The van der Waals surface area contributed by atoms with Gasteiger partial charge in [-0.25, -0.2) is 14.3 Å². The molecule has 1 aliphatic heterocycles. The summed E-state index contributed by atoms with van der Waals surface area (Å²) in [5.41, 5.74) is 2.53. The number of aryl methyl sites for hydroxylation is 2. The van der Waals surface area contributed by atoms with Gasteiger partial charge in [-0.2, -0.15) is 0 Å². The Morgan fingerprint density at radius 3 is 2.71 bits per heavy atom. The lowest BCUT2D eigenvalue weighted by molar-refractivity contribution is 0.00847. The van der Waals surface area contributed by atoms with Gasteiger partial charge in [-0.05, 0) is 71.6 Å². The van der Waals surface area contributed by atoms with Crippen molar-refractivity contribution in [2.45, 2.75) is 65.5 Å². The minimum absolute atomic E-state index is 0.117. The van der Waals surface area contributed by atoms with E-state index < -0.39 is 5.60 Å². The summed E-state index contributed by atoms with van der Waals surface area (Å²) in [5.74, 6) is 0.703. The molecule has 0 bridgehead atoms. The number of hydrogen-bond donors (Lipinski definition) is 0. The fourth-order valence-electron chi connectivity index (χ4n) is 3.21. The fourth-order valence-corrected chi connectivity index (χ4v) is 3.21. The van der Waals surface area contributed by atoms with Crippen molar-refractivity contribution in [3.05, 3.63) is 29.2 Å². The first-order valence-electron chi connectivity index (χ1n) is 8.58. The maximum absolute atomic E-state index is 12.6. The average molecular weight is 330 g/mol. The van der Waals surface area contributed by atoms with Crippen LogP contribution in [0.3, 0.4) is 0 Å². The van der Waals surface area contributed by atoms with E-state index in [4.69, 9.17) is 4.74 Å². The Kier molecular flexibility index (Phi) is 4.24. The highest BCUT2D eigenvalue weighted by molar-refractivity contribution is 5.69. The van der Waals surface area contributed by atoms with Crippen LogP contribution in [0, 0.1) is 13.8 Å². The van der Waals surface area contributed by atoms with Gasteiger partial charge < -0.3 is 4.74 Å². The van der Waals surface area contributed by atoms with Gasteiger partial charge in [-0.3, -0.25) is 4.90 Å². The number of carbonyl (C=O) groups is 1. The van der Waals surface area contributed by atoms with Crippen molar-refractivity contribution in [3.63, 3.8) is 0 Å². The van der Waals surface area contributed by atoms with Crippen LogP contribution in [0.5, 0.6) is 0 Å². The van der Waals surface area contributed by atoms with Crippen molar-refractivity contribution in [1.82, 2.24) is 19.5 Å². The third-order valence-electron chi connectivity index (χ3n) is 4.20. The average Bonchev–Trinajstić information content (AvgIpc) is 2.89. The van der Waals surface area contributed by atoms with E-state index in [1.54, 1.807) is 4.90 Å². The number of fused-ring (bicyclic) bond motifs is 1. The molecule has 0 aliphatic carbocycles. The highest BCUT2D eigenvalue weighted by Crippen LogP contribution is 2.31. The Bertz CT molecular complexity index is 760. The van der Waals surface area contributed by atoms with E-state index >= 15 is 0 Å². The SMILES string of the molecule is Cc1cc(C)n2nc(C3CCCCN3C(=O)OC(C)(C)C)nc2c1. The molecule has 1 amide bonds. The number of ether oxygens (including phenoxy) is 1.